The molecule has 1 aliphatic rings. The molecule has 1 amide bonds. The average Bonchev–Trinajstić information content (AvgIpc) is 3.08. The Morgan fingerprint density at radius 1 is 1.37 bits per heavy atom. The lowest BCUT2D eigenvalue weighted by Gasteiger charge is -2.15. The second-order valence-corrected chi connectivity index (χ2v) is 4.97. The van der Waals surface area contributed by atoms with E-state index < -0.39 is 0 Å². The Bertz CT molecular complexity index is 577. The normalized spacial score (nSPS) is 18.8. The largest absolute Gasteiger partial charge is 0.361 e. The van der Waals surface area contributed by atoms with Gasteiger partial charge in [-0.2, -0.15) is 0 Å². The summed E-state index contributed by atoms with van der Waals surface area (Å²) in [4.78, 5) is 14.1. The van der Waals surface area contributed by atoms with Crippen molar-refractivity contribution in [3.8, 4) is 0 Å². The van der Waals surface area contributed by atoms with E-state index in [1.165, 1.54) is 5.56 Å². The number of carbonyl (C=O) groups excluding carboxylic acids is 1. The van der Waals surface area contributed by atoms with Crippen LogP contribution in [0.5, 0.6) is 0 Å². The van der Waals surface area contributed by atoms with Crippen molar-refractivity contribution in [2.24, 2.45) is 0 Å². The van der Waals surface area contributed by atoms with Gasteiger partial charge in [-0.15, -0.1) is 0 Å². The number of hydrogen-bond donors (Lipinski definition) is 0. The lowest BCUT2D eigenvalue weighted by Crippen LogP contribution is -2.28. The van der Waals surface area contributed by atoms with Crippen LogP contribution in [0.4, 0.5) is 0 Å². The third-order valence-electron chi connectivity index (χ3n) is 3.59. The first kappa shape index (κ1) is 12.0. The Kier molecular flexibility index (Phi) is 3.07. The van der Waals surface area contributed by atoms with Gasteiger partial charge >= 0.3 is 0 Å². The molecule has 0 aliphatic carbocycles. The maximum atomic E-state index is 12.2. The number of likely N-dealkylation sites (tertiary alicyclic amines) is 1. The Morgan fingerprint density at radius 2 is 2.16 bits per heavy atom. The highest BCUT2D eigenvalue weighted by molar-refractivity contribution is 5.92. The fraction of sp³-hybridized carbons (Fsp3) is 0.333. The SMILES string of the molecule is Cc1cc(C(=O)N2CC[C@H](c3ccccc3)C2)no1. The predicted molar refractivity (Wildman–Crippen MR) is 70.9 cm³/mol. The van der Waals surface area contributed by atoms with Gasteiger partial charge in [0.2, 0.25) is 0 Å². The average molecular weight is 256 g/mol. The molecule has 1 atom stereocenters. The zero-order chi connectivity index (χ0) is 13.2. The minimum Gasteiger partial charge on any atom is -0.361 e. The summed E-state index contributed by atoms with van der Waals surface area (Å²) in [6.07, 6.45) is 1.01. The van der Waals surface area contributed by atoms with Crippen molar-refractivity contribution in [1.82, 2.24) is 10.1 Å². The van der Waals surface area contributed by atoms with E-state index in [0.29, 0.717) is 17.4 Å². The van der Waals surface area contributed by atoms with Crippen molar-refractivity contribution in [3.63, 3.8) is 0 Å². The zero-order valence-electron chi connectivity index (χ0n) is 10.9. The van der Waals surface area contributed by atoms with Crippen LogP contribution >= 0.6 is 0 Å². The molecular weight excluding hydrogens is 240 g/mol. The molecule has 0 bridgehead atoms. The maximum Gasteiger partial charge on any atom is 0.276 e. The Hall–Kier alpha value is -2.10. The number of rotatable bonds is 2. The summed E-state index contributed by atoms with van der Waals surface area (Å²) < 4.78 is 4.96. The first-order valence-corrected chi connectivity index (χ1v) is 6.51. The van der Waals surface area contributed by atoms with Crippen LogP contribution in [-0.4, -0.2) is 29.1 Å². The molecule has 4 nitrogen and oxygen atoms in total. The highest BCUT2D eigenvalue weighted by Gasteiger charge is 2.29. The maximum absolute atomic E-state index is 12.2. The lowest BCUT2D eigenvalue weighted by molar-refractivity contribution is 0.0780. The van der Waals surface area contributed by atoms with Crippen molar-refractivity contribution in [2.75, 3.05) is 13.1 Å². The molecular formula is C15H16N2O2. The second kappa shape index (κ2) is 4.88. The third-order valence-corrected chi connectivity index (χ3v) is 3.59. The number of amides is 1. The van der Waals surface area contributed by atoms with E-state index in [1.807, 2.05) is 23.1 Å². The minimum absolute atomic E-state index is 0.0321. The third kappa shape index (κ3) is 2.38. The van der Waals surface area contributed by atoms with Gasteiger partial charge in [-0.05, 0) is 18.9 Å². The van der Waals surface area contributed by atoms with Gasteiger partial charge in [0.25, 0.3) is 5.91 Å². The van der Waals surface area contributed by atoms with E-state index in [2.05, 4.69) is 17.3 Å². The molecule has 0 N–H and O–H groups in total. The van der Waals surface area contributed by atoms with Gasteiger partial charge in [0, 0.05) is 25.1 Å². The fourth-order valence-electron chi connectivity index (χ4n) is 2.57. The highest BCUT2D eigenvalue weighted by Crippen LogP contribution is 2.27. The molecule has 1 saturated heterocycles. The number of aryl methyl sites for hydroxylation is 1. The molecule has 0 saturated carbocycles. The topological polar surface area (TPSA) is 46.3 Å². The summed E-state index contributed by atoms with van der Waals surface area (Å²) in [6, 6.07) is 12.0. The van der Waals surface area contributed by atoms with Crippen LogP contribution in [0.1, 0.15) is 34.2 Å². The van der Waals surface area contributed by atoms with Crippen LogP contribution in [0.15, 0.2) is 40.9 Å². The number of aromatic nitrogens is 1. The molecule has 0 spiro atoms. The number of benzene rings is 1. The van der Waals surface area contributed by atoms with Crippen molar-refractivity contribution >= 4 is 5.91 Å². The molecule has 3 rings (SSSR count). The smallest absolute Gasteiger partial charge is 0.276 e. The van der Waals surface area contributed by atoms with E-state index >= 15 is 0 Å². The van der Waals surface area contributed by atoms with Gasteiger partial charge < -0.3 is 9.42 Å². The molecule has 98 valence electrons. The molecule has 1 aromatic heterocycles. The van der Waals surface area contributed by atoms with Crippen molar-refractivity contribution in [2.45, 2.75) is 19.3 Å². The van der Waals surface area contributed by atoms with E-state index in [9.17, 15) is 4.79 Å². The summed E-state index contributed by atoms with van der Waals surface area (Å²) in [5.41, 5.74) is 1.71. The number of carbonyl (C=O) groups is 1. The quantitative estimate of drug-likeness (QED) is 0.829. The monoisotopic (exact) mass is 256 g/mol. The first-order chi connectivity index (χ1) is 9.24. The van der Waals surface area contributed by atoms with Gasteiger partial charge in [-0.1, -0.05) is 35.5 Å². The summed E-state index contributed by atoms with van der Waals surface area (Å²) in [5, 5.41) is 3.79. The van der Waals surface area contributed by atoms with Gasteiger partial charge in [0.15, 0.2) is 5.69 Å². The molecule has 0 radical (unpaired) electrons. The Labute approximate surface area is 112 Å². The molecule has 1 aliphatic heterocycles. The van der Waals surface area contributed by atoms with Crippen molar-refractivity contribution in [1.29, 1.82) is 0 Å². The van der Waals surface area contributed by atoms with E-state index in [1.54, 1.807) is 13.0 Å². The van der Waals surface area contributed by atoms with Crippen molar-refractivity contribution < 1.29 is 9.32 Å². The fourth-order valence-corrected chi connectivity index (χ4v) is 2.57. The Balaban J connectivity index is 1.71. The molecule has 19 heavy (non-hydrogen) atoms. The van der Waals surface area contributed by atoms with Crippen LogP contribution in [0.2, 0.25) is 0 Å². The highest BCUT2D eigenvalue weighted by atomic mass is 16.5. The van der Waals surface area contributed by atoms with Gasteiger partial charge in [0.05, 0.1) is 0 Å². The van der Waals surface area contributed by atoms with Crippen molar-refractivity contribution in [3.05, 3.63) is 53.4 Å². The van der Waals surface area contributed by atoms with Crippen LogP contribution < -0.4 is 0 Å². The minimum atomic E-state index is -0.0321. The summed E-state index contributed by atoms with van der Waals surface area (Å²) >= 11 is 0. The standard InChI is InChI=1S/C15H16N2O2/c1-11-9-14(16-19-11)15(18)17-8-7-13(10-17)12-5-3-2-4-6-12/h2-6,9,13H,7-8,10H2,1H3/t13-/m0/s1. The molecule has 4 heteroatoms. The molecule has 1 fully saturated rings. The van der Waals surface area contributed by atoms with Gasteiger partial charge in [-0.25, -0.2) is 0 Å². The molecule has 0 unspecified atom stereocenters. The second-order valence-electron chi connectivity index (χ2n) is 4.97. The number of nitrogens with zero attached hydrogens (tertiary/aromatic N) is 2. The molecule has 2 aromatic rings. The zero-order valence-corrected chi connectivity index (χ0v) is 10.9. The molecule has 2 heterocycles. The molecule has 1 aromatic carbocycles. The van der Waals surface area contributed by atoms with Gasteiger partial charge in [-0.3, -0.25) is 4.79 Å². The number of hydrogen-bond acceptors (Lipinski definition) is 3. The first-order valence-electron chi connectivity index (χ1n) is 6.51. The Morgan fingerprint density at radius 3 is 2.84 bits per heavy atom. The summed E-state index contributed by atoms with van der Waals surface area (Å²) in [7, 11) is 0. The van der Waals surface area contributed by atoms with Crippen LogP contribution in [-0.2, 0) is 0 Å². The predicted octanol–water partition coefficient (Wildman–Crippen LogP) is 2.61. The summed E-state index contributed by atoms with van der Waals surface area (Å²) in [6.45, 7) is 3.33. The van der Waals surface area contributed by atoms with Crippen LogP contribution in [0, 0.1) is 6.92 Å². The van der Waals surface area contributed by atoms with E-state index in [0.717, 1.165) is 19.5 Å². The lowest BCUT2D eigenvalue weighted by atomic mass is 9.99. The van der Waals surface area contributed by atoms with E-state index in [-0.39, 0.29) is 5.91 Å². The van der Waals surface area contributed by atoms with E-state index in [4.69, 9.17) is 4.52 Å². The van der Waals surface area contributed by atoms with Crippen LogP contribution in [0.25, 0.3) is 0 Å². The summed E-state index contributed by atoms with van der Waals surface area (Å²) in [5.74, 6) is 1.07. The van der Waals surface area contributed by atoms with Gasteiger partial charge in [0.1, 0.15) is 5.76 Å². The van der Waals surface area contributed by atoms with Crippen LogP contribution in [0.3, 0.4) is 0 Å².